The Hall–Kier alpha value is -2.22. The fraction of sp³-hybridized carbons (Fsp3) is 0.100. The second kappa shape index (κ2) is 7.12. The number of thiazole rings is 1. The summed E-state index contributed by atoms with van der Waals surface area (Å²) in [5, 5.41) is 12.3. The first-order valence-corrected chi connectivity index (χ1v) is 9.15. The van der Waals surface area contributed by atoms with Crippen molar-refractivity contribution in [3.05, 3.63) is 74.0 Å². The first-order chi connectivity index (χ1) is 11.6. The molecule has 0 fully saturated rings. The van der Waals surface area contributed by atoms with Gasteiger partial charge in [-0.1, -0.05) is 57.9 Å². The van der Waals surface area contributed by atoms with E-state index >= 15 is 0 Å². The van der Waals surface area contributed by atoms with E-state index in [4.69, 9.17) is 0 Å². The molecule has 4 heteroatoms. The molecule has 118 valence electrons. The van der Waals surface area contributed by atoms with E-state index < -0.39 is 0 Å². The van der Waals surface area contributed by atoms with Crippen molar-refractivity contribution in [2.75, 3.05) is 0 Å². The van der Waals surface area contributed by atoms with Crippen LogP contribution in [0, 0.1) is 25.2 Å². The van der Waals surface area contributed by atoms with Crippen molar-refractivity contribution in [1.82, 2.24) is 4.98 Å². The summed E-state index contributed by atoms with van der Waals surface area (Å²) < 4.78 is 0.962. The number of aryl methyl sites for hydroxylation is 2. The maximum Gasteiger partial charge on any atom is 0.134 e. The van der Waals surface area contributed by atoms with Gasteiger partial charge in [0.2, 0.25) is 0 Å². The van der Waals surface area contributed by atoms with E-state index in [-0.39, 0.29) is 0 Å². The summed E-state index contributed by atoms with van der Waals surface area (Å²) >= 11 is 5.01. The molecular formula is C20H15BrN2S. The Morgan fingerprint density at radius 1 is 1.21 bits per heavy atom. The highest BCUT2D eigenvalue weighted by atomic mass is 79.9. The summed E-state index contributed by atoms with van der Waals surface area (Å²) in [7, 11) is 0. The number of nitriles is 1. The lowest BCUT2D eigenvalue weighted by Crippen LogP contribution is -1.87. The van der Waals surface area contributed by atoms with Crippen LogP contribution in [0.15, 0.2) is 52.3 Å². The van der Waals surface area contributed by atoms with Crippen LogP contribution in [-0.2, 0) is 0 Å². The molecule has 0 bridgehead atoms. The zero-order chi connectivity index (χ0) is 17.1. The molecule has 2 nitrogen and oxygen atoms in total. The van der Waals surface area contributed by atoms with Crippen molar-refractivity contribution in [3.63, 3.8) is 0 Å². The number of hydrogen-bond donors (Lipinski definition) is 0. The molecule has 1 aromatic heterocycles. The van der Waals surface area contributed by atoms with Gasteiger partial charge in [0, 0.05) is 15.4 Å². The molecule has 0 saturated heterocycles. The Morgan fingerprint density at radius 3 is 2.71 bits per heavy atom. The van der Waals surface area contributed by atoms with Crippen LogP contribution in [0.2, 0.25) is 0 Å². The summed E-state index contributed by atoms with van der Waals surface area (Å²) in [6.45, 7) is 4.17. The molecule has 0 aliphatic rings. The lowest BCUT2D eigenvalue weighted by Gasteiger charge is -2.03. The minimum Gasteiger partial charge on any atom is -0.235 e. The number of benzene rings is 2. The molecule has 0 spiro atoms. The topological polar surface area (TPSA) is 36.7 Å². The fourth-order valence-corrected chi connectivity index (χ4v) is 3.70. The Kier molecular flexibility index (Phi) is 4.94. The van der Waals surface area contributed by atoms with E-state index in [1.54, 1.807) is 0 Å². The van der Waals surface area contributed by atoms with E-state index in [0.29, 0.717) is 5.57 Å². The van der Waals surface area contributed by atoms with E-state index in [9.17, 15) is 5.26 Å². The maximum absolute atomic E-state index is 9.54. The average Bonchev–Trinajstić information content (AvgIpc) is 3.03. The van der Waals surface area contributed by atoms with Crippen LogP contribution < -0.4 is 0 Å². The largest absolute Gasteiger partial charge is 0.235 e. The third-order valence-corrected chi connectivity index (χ3v) is 5.32. The highest BCUT2D eigenvalue weighted by molar-refractivity contribution is 9.10. The standard InChI is InChI=1S/C20H15BrN2S/c1-13-7-8-17(14(2)9-13)19-12-24-20(23-19)16(11-22)10-15-5-3-4-6-18(15)21/h3-10,12H,1-2H3. The monoisotopic (exact) mass is 394 g/mol. The van der Waals surface area contributed by atoms with E-state index in [0.717, 1.165) is 26.3 Å². The van der Waals surface area contributed by atoms with Crippen LogP contribution in [0.3, 0.4) is 0 Å². The Bertz CT molecular complexity index is 964. The second-order valence-electron chi connectivity index (χ2n) is 5.55. The van der Waals surface area contributed by atoms with E-state index in [1.165, 1.54) is 22.5 Å². The highest BCUT2D eigenvalue weighted by Gasteiger charge is 2.11. The molecular weight excluding hydrogens is 380 g/mol. The zero-order valence-corrected chi connectivity index (χ0v) is 15.8. The van der Waals surface area contributed by atoms with Gasteiger partial charge >= 0.3 is 0 Å². The Labute approximate surface area is 154 Å². The molecule has 3 rings (SSSR count). The van der Waals surface area contributed by atoms with Crippen molar-refractivity contribution in [2.24, 2.45) is 0 Å². The number of aromatic nitrogens is 1. The van der Waals surface area contributed by atoms with Crippen LogP contribution in [0.5, 0.6) is 0 Å². The first-order valence-electron chi connectivity index (χ1n) is 7.48. The van der Waals surface area contributed by atoms with Crippen molar-refractivity contribution >= 4 is 38.9 Å². The first kappa shape index (κ1) is 16.6. The number of allylic oxidation sites excluding steroid dienone is 1. The number of hydrogen-bond acceptors (Lipinski definition) is 3. The predicted molar refractivity (Wildman–Crippen MR) is 105 cm³/mol. The molecule has 0 aliphatic carbocycles. The number of halogens is 1. The van der Waals surface area contributed by atoms with Gasteiger partial charge in [-0.05, 0) is 37.1 Å². The molecule has 0 unspecified atom stereocenters. The van der Waals surface area contributed by atoms with Gasteiger partial charge in [-0.3, -0.25) is 0 Å². The van der Waals surface area contributed by atoms with Gasteiger partial charge in [0.05, 0.1) is 11.3 Å². The molecule has 3 aromatic rings. The average molecular weight is 395 g/mol. The van der Waals surface area contributed by atoms with Crippen LogP contribution in [0.4, 0.5) is 0 Å². The summed E-state index contributed by atoms with van der Waals surface area (Å²) in [5.74, 6) is 0. The molecule has 2 aromatic carbocycles. The lowest BCUT2D eigenvalue weighted by molar-refractivity contribution is 1.32. The molecule has 0 atom stereocenters. The fourth-order valence-electron chi connectivity index (χ4n) is 2.51. The van der Waals surface area contributed by atoms with Gasteiger partial charge in [0.1, 0.15) is 11.1 Å². The summed E-state index contributed by atoms with van der Waals surface area (Å²) in [4.78, 5) is 4.68. The molecule has 0 saturated carbocycles. The van der Waals surface area contributed by atoms with Crippen LogP contribution in [0.25, 0.3) is 22.9 Å². The molecule has 0 aliphatic heterocycles. The molecule has 0 radical (unpaired) electrons. The van der Waals surface area contributed by atoms with Gasteiger partial charge < -0.3 is 0 Å². The second-order valence-corrected chi connectivity index (χ2v) is 7.26. The highest BCUT2D eigenvalue weighted by Crippen LogP contribution is 2.30. The van der Waals surface area contributed by atoms with Gasteiger partial charge in [0.15, 0.2) is 0 Å². The van der Waals surface area contributed by atoms with Crippen LogP contribution >= 0.6 is 27.3 Å². The van der Waals surface area contributed by atoms with Crippen molar-refractivity contribution < 1.29 is 0 Å². The van der Waals surface area contributed by atoms with Gasteiger partial charge in [-0.25, -0.2) is 4.98 Å². The SMILES string of the molecule is Cc1ccc(-c2csc(C(C#N)=Cc3ccccc3Br)n2)c(C)c1. The Balaban J connectivity index is 2.00. The number of nitrogens with zero attached hydrogens (tertiary/aromatic N) is 2. The number of rotatable bonds is 3. The van der Waals surface area contributed by atoms with Gasteiger partial charge in [0.25, 0.3) is 0 Å². The van der Waals surface area contributed by atoms with Gasteiger partial charge in [-0.2, -0.15) is 5.26 Å². The molecule has 1 heterocycles. The van der Waals surface area contributed by atoms with E-state index in [1.807, 2.05) is 35.7 Å². The summed E-state index contributed by atoms with van der Waals surface area (Å²) in [6, 6.07) is 16.4. The minimum absolute atomic E-state index is 0.572. The molecule has 0 N–H and O–H groups in total. The quantitative estimate of drug-likeness (QED) is 0.491. The smallest absolute Gasteiger partial charge is 0.134 e. The maximum atomic E-state index is 9.54. The summed E-state index contributed by atoms with van der Waals surface area (Å²) in [6.07, 6.45) is 1.87. The molecule has 24 heavy (non-hydrogen) atoms. The lowest BCUT2D eigenvalue weighted by atomic mass is 10.0. The van der Waals surface area contributed by atoms with Crippen molar-refractivity contribution in [3.8, 4) is 17.3 Å². The van der Waals surface area contributed by atoms with Crippen LogP contribution in [-0.4, -0.2) is 4.98 Å². The molecule has 0 amide bonds. The van der Waals surface area contributed by atoms with E-state index in [2.05, 4.69) is 59.0 Å². The predicted octanol–water partition coefficient (Wildman–Crippen LogP) is 6.25. The zero-order valence-electron chi connectivity index (χ0n) is 13.4. The summed E-state index contributed by atoms with van der Waals surface area (Å²) in [5.41, 5.74) is 6.00. The van der Waals surface area contributed by atoms with Crippen molar-refractivity contribution in [1.29, 1.82) is 5.26 Å². The van der Waals surface area contributed by atoms with Crippen LogP contribution in [0.1, 0.15) is 21.7 Å². The van der Waals surface area contributed by atoms with Gasteiger partial charge in [-0.15, -0.1) is 11.3 Å². The Morgan fingerprint density at radius 2 is 2.00 bits per heavy atom. The third kappa shape index (κ3) is 3.48. The minimum atomic E-state index is 0.572. The normalized spacial score (nSPS) is 11.3. The van der Waals surface area contributed by atoms with Crippen molar-refractivity contribution in [2.45, 2.75) is 13.8 Å². The third-order valence-electron chi connectivity index (χ3n) is 3.72.